The molecule has 0 aliphatic heterocycles. The van der Waals surface area contributed by atoms with Crippen molar-refractivity contribution < 1.29 is 13.2 Å². The van der Waals surface area contributed by atoms with Crippen molar-refractivity contribution in [1.82, 2.24) is 14.5 Å². The number of aromatic nitrogens is 2. The van der Waals surface area contributed by atoms with Gasteiger partial charge < -0.3 is 4.74 Å². The molecule has 0 bridgehead atoms. The van der Waals surface area contributed by atoms with E-state index in [9.17, 15) is 8.42 Å². The lowest BCUT2D eigenvalue weighted by Crippen LogP contribution is -2.25. The molecule has 0 fully saturated rings. The van der Waals surface area contributed by atoms with Gasteiger partial charge in [-0.1, -0.05) is 53.7 Å². The molecule has 7 heteroatoms. The topological polar surface area (TPSA) is 73.2 Å². The zero-order valence-corrected chi connectivity index (χ0v) is 22.6. The lowest BCUT2D eigenvalue weighted by Gasteiger charge is -2.30. The molecule has 0 aliphatic carbocycles. The molecule has 2 aromatic rings. The fourth-order valence-corrected chi connectivity index (χ4v) is 4.88. The van der Waals surface area contributed by atoms with Crippen LogP contribution >= 0.6 is 0 Å². The molecule has 1 N–H and O–H groups in total. The van der Waals surface area contributed by atoms with E-state index in [1.54, 1.807) is 17.8 Å². The second kappa shape index (κ2) is 11.0. The average Bonchev–Trinajstić information content (AvgIpc) is 3.17. The van der Waals surface area contributed by atoms with Crippen molar-refractivity contribution in [1.29, 1.82) is 0 Å². The number of nitrogens with one attached hydrogen (secondary N) is 1. The lowest BCUT2D eigenvalue weighted by atomic mass is 9.76. The number of rotatable bonds is 13. The van der Waals surface area contributed by atoms with E-state index in [1.807, 2.05) is 6.92 Å². The van der Waals surface area contributed by atoms with Crippen LogP contribution in [-0.4, -0.2) is 31.3 Å². The van der Waals surface area contributed by atoms with Crippen molar-refractivity contribution in [3.8, 4) is 5.75 Å². The Kier molecular flexibility index (Phi) is 9.16. The van der Waals surface area contributed by atoms with Gasteiger partial charge in [-0.25, -0.2) is 13.1 Å². The summed E-state index contributed by atoms with van der Waals surface area (Å²) >= 11 is 0. The van der Waals surface area contributed by atoms with Gasteiger partial charge in [0.2, 0.25) is 10.0 Å². The third-order valence-electron chi connectivity index (χ3n) is 6.89. The minimum Gasteiger partial charge on any atom is -0.493 e. The Hall–Kier alpha value is -1.86. The normalized spacial score (nSPS) is 12.8. The molecule has 1 aromatic heterocycles. The summed E-state index contributed by atoms with van der Waals surface area (Å²) in [5, 5.41) is 4.23. The van der Waals surface area contributed by atoms with Crippen molar-refractivity contribution in [3.63, 3.8) is 0 Å². The maximum absolute atomic E-state index is 12.6. The number of aryl methyl sites for hydroxylation is 2. The summed E-state index contributed by atoms with van der Waals surface area (Å²) in [6.45, 7) is 18.7. The highest BCUT2D eigenvalue weighted by molar-refractivity contribution is 7.89. The number of unbranched alkanes of at least 4 members (excludes halogenated alkanes) is 1. The molecule has 0 saturated heterocycles. The Balaban J connectivity index is 1.96. The van der Waals surface area contributed by atoms with Gasteiger partial charge in [0.25, 0.3) is 0 Å². The van der Waals surface area contributed by atoms with E-state index in [4.69, 9.17) is 4.74 Å². The van der Waals surface area contributed by atoms with Gasteiger partial charge in [0.05, 0.1) is 12.3 Å². The first-order chi connectivity index (χ1) is 15.4. The van der Waals surface area contributed by atoms with Gasteiger partial charge in [-0.2, -0.15) is 5.10 Å². The SMILES string of the molecule is CCn1cc(S(=O)(=O)NCCCCOc2ccc(C(C)(C)CC)cc2C(C)(C)CC)c(C)n1. The highest BCUT2D eigenvalue weighted by atomic mass is 32.2. The second-order valence-electron chi connectivity index (χ2n) is 10.1. The predicted molar refractivity (Wildman–Crippen MR) is 136 cm³/mol. The Morgan fingerprint density at radius 1 is 1.03 bits per heavy atom. The predicted octanol–water partition coefficient (Wildman–Crippen LogP) is 5.72. The van der Waals surface area contributed by atoms with E-state index in [0.29, 0.717) is 31.8 Å². The van der Waals surface area contributed by atoms with Crippen molar-refractivity contribution in [2.24, 2.45) is 0 Å². The molecule has 0 amide bonds. The summed E-state index contributed by atoms with van der Waals surface area (Å²) in [7, 11) is -3.54. The van der Waals surface area contributed by atoms with Crippen molar-refractivity contribution in [2.75, 3.05) is 13.2 Å². The Labute approximate surface area is 201 Å². The lowest BCUT2D eigenvalue weighted by molar-refractivity contribution is 0.296. The summed E-state index contributed by atoms with van der Waals surface area (Å²) in [6.07, 6.45) is 5.15. The first kappa shape index (κ1) is 27.4. The van der Waals surface area contributed by atoms with Crippen molar-refractivity contribution >= 4 is 10.0 Å². The molecule has 0 unspecified atom stereocenters. The van der Waals surface area contributed by atoms with Crippen molar-refractivity contribution in [2.45, 2.75) is 103 Å². The highest BCUT2D eigenvalue weighted by Gasteiger charge is 2.26. The average molecular weight is 478 g/mol. The number of nitrogens with zero attached hydrogens (tertiary/aromatic N) is 2. The molecular formula is C26H43N3O3S. The van der Waals surface area contributed by atoms with Crippen LogP contribution in [-0.2, 0) is 27.4 Å². The fraction of sp³-hybridized carbons (Fsp3) is 0.654. The van der Waals surface area contributed by atoms with Crippen LogP contribution in [0, 0.1) is 6.92 Å². The smallest absolute Gasteiger partial charge is 0.243 e. The van der Waals surface area contributed by atoms with Gasteiger partial charge in [-0.3, -0.25) is 4.68 Å². The highest BCUT2D eigenvalue weighted by Crippen LogP contribution is 2.38. The molecule has 0 spiro atoms. The molecule has 0 radical (unpaired) electrons. The number of hydrogen-bond acceptors (Lipinski definition) is 4. The van der Waals surface area contributed by atoms with Crippen LogP contribution in [0.2, 0.25) is 0 Å². The fourth-order valence-electron chi connectivity index (χ4n) is 3.62. The van der Waals surface area contributed by atoms with Gasteiger partial charge in [-0.05, 0) is 62.0 Å². The maximum Gasteiger partial charge on any atom is 0.243 e. The zero-order chi connectivity index (χ0) is 24.9. The van der Waals surface area contributed by atoms with Gasteiger partial charge in [0, 0.05) is 24.8 Å². The summed E-state index contributed by atoms with van der Waals surface area (Å²) in [4.78, 5) is 0.252. The van der Waals surface area contributed by atoms with Crippen LogP contribution in [0.4, 0.5) is 0 Å². The first-order valence-corrected chi connectivity index (χ1v) is 13.7. The minimum atomic E-state index is -3.54. The number of hydrogen-bond donors (Lipinski definition) is 1. The Bertz CT molecular complexity index is 1020. The van der Waals surface area contributed by atoms with E-state index >= 15 is 0 Å². The van der Waals surface area contributed by atoms with Gasteiger partial charge in [-0.15, -0.1) is 0 Å². The quantitative estimate of drug-likeness (QED) is 0.374. The molecule has 2 rings (SSSR count). The zero-order valence-electron chi connectivity index (χ0n) is 21.8. The largest absolute Gasteiger partial charge is 0.493 e. The molecule has 0 saturated carbocycles. The summed E-state index contributed by atoms with van der Waals surface area (Å²) in [5.41, 5.74) is 3.25. The van der Waals surface area contributed by atoms with Crippen LogP contribution in [0.3, 0.4) is 0 Å². The molecule has 6 nitrogen and oxygen atoms in total. The molecular weight excluding hydrogens is 434 g/mol. The van der Waals surface area contributed by atoms with Gasteiger partial charge in [0.1, 0.15) is 10.6 Å². The maximum atomic E-state index is 12.6. The van der Waals surface area contributed by atoms with E-state index in [1.165, 1.54) is 11.1 Å². The third-order valence-corrected chi connectivity index (χ3v) is 8.46. The third kappa shape index (κ3) is 6.82. The summed E-state index contributed by atoms with van der Waals surface area (Å²) < 4.78 is 35.7. The van der Waals surface area contributed by atoms with Crippen LogP contribution in [0.15, 0.2) is 29.3 Å². The second-order valence-corrected chi connectivity index (χ2v) is 11.8. The molecule has 1 heterocycles. The number of sulfonamides is 1. The molecule has 1 aromatic carbocycles. The van der Waals surface area contributed by atoms with Crippen LogP contribution in [0.1, 0.15) is 91.0 Å². The van der Waals surface area contributed by atoms with Crippen molar-refractivity contribution in [3.05, 3.63) is 41.2 Å². The van der Waals surface area contributed by atoms with E-state index < -0.39 is 10.0 Å². The summed E-state index contributed by atoms with van der Waals surface area (Å²) in [5.74, 6) is 0.931. The molecule has 0 atom stereocenters. The Morgan fingerprint density at radius 2 is 1.70 bits per heavy atom. The first-order valence-electron chi connectivity index (χ1n) is 12.2. The standard InChI is InChI=1S/C26H43N3O3S/c1-9-25(5,6)21-14-15-23(22(18-21)26(7,8)10-2)32-17-13-12-16-27-33(30,31)24-19-29(11-3)28-20(24)4/h14-15,18-19,27H,9-13,16-17H2,1-8H3. The van der Waals surface area contributed by atoms with Gasteiger partial charge >= 0.3 is 0 Å². The van der Waals surface area contributed by atoms with E-state index in [0.717, 1.165) is 25.0 Å². The minimum absolute atomic E-state index is 0.0194. The van der Waals surface area contributed by atoms with Crippen LogP contribution in [0.5, 0.6) is 5.75 Å². The van der Waals surface area contributed by atoms with E-state index in [2.05, 4.69) is 69.6 Å². The van der Waals surface area contributed by atoms with Crippen LogP contribution in [0.25, 0.3) is 0 Å². The molecule has 33 heavy (non-hydrogen) atoms. The van der Waals surface area contributed by atoms with E-state index in [-0.39, 0.29) is 15.7 Å². The monoisotopic (exact) mass is 477 g/mol. The molecule has 0 aliphatic rings. The number of benzene rings is 1. The molecule has 186 valence electrons. The number of ether oxygens (including phenoxy) is 1. The van der Waals surface area contributed by atoms with Crippen LogP contribution < -0.4 is 9.46 Å². The summed E-state index contributed by atoms with van der Waals surface area (Å²) in [6, 6.07) is 6.60. The Morgan fingerprint density at radius 3 is 2.27 bits per heavy atom. The van der Waals surface area contributed by atoms with Gasteiger partial charge in [0.15, 0.2) is 0 Å².